The highest BCUT2D eigenvalue weighted by Crippen LogP contribution is 2.44. The average molecular weight is 449 g/mol. The molecule has 0 unspecified atom stereocenters. The molecule has 1 saturated heterocycles. The first-order valence-electron chi connectivity index (χ1n) is 9.52. The van der Waals surface area contributed by atoms with E-state index >= 15 is 0 Å². The summed E-state index contributed by atoms with van der Waals surface area (Å²) in [6, 6.07) is 5.62. The molecule has 0 spiro atoms. The highest BCUT2D eigenvalue weighted by Gasteiger charge is 2.62. The predicted molar refractivity (Wildman–Crippen MR) is 105 cm³/mol. The lowest BCUT2D eigenvalue weighted by Crippen LogP contribution is -2.67. The zero-order valence-electron chi connectivity index (χ0n) is 17.9. The Morgan fingerprint density at radius 1 is 0.938 bits per heavy atom. The van der Waals surface area contributed by atoms with Gasteiger partial charge in [0, 0.05) is 33.3 Å². The average Bonchev–Trinajstić information content (AvgIpc) is 2.71. The molecule has 0 aromatic heterocycles. The van der Waals surface area contributed by atoms with Crippen LogP contribution in [0.2, 0.25) is 0 Å². The zero-order chi connectivity index (χ0) is 24.1. The molecule has 0 bridgehead atoms. The third-order valence-electron chi connectivity index (χ3n) is 4.46. The van der Waals surface area contributed by atoms with Crippen molar-refractivity contribution >= 4 is 29.6 Å². The fourth-order valence-electron chi connectivity index (χ4n) is 3.43. The lowest BCUT2D eigenvalue weighted by Gasteiger charge is -2.50. The van der Waals surface area contributed by atoms with Gasteiger partial charge in [0.15, 0.2) is 17.9 Å². The van der Waals surface area contributed by atoms with Crippen LogP contribution in [-0.4, -0.2) is 60.0 Å². The highest BCUT2D eigenvalue weighted by molar-refractivity contribution is 5.69. The number of nitrogens with zero attached hydrogens (tertiary/aromatic N) is 1. The number of hydrogen-bond acceptors (Lipinski definition) is 10. The van der Waals surface area contributed by atoms with Crippen LogP contribution in [0.25, 0.3) is 4.85 Å². The van der Waals surface area contributed by atoms with Gasteiger partial charge in [-0.3, -0.25) is 19.2 Å². The van der Waals surface area contributed by atoms with Gasteiger partial charge in [0.1, 0.15) is 6.10 Å². The van der Waals surface area contributed by atoms with E-state index in [2.05, 4.69) is 4.85 Å². The number of carbonyl (C=O) groups is 4. The van der Waals surface area contributed by atoms with Crippen LogP contribution in [0, 0.1) is 6.57 Å². The van der Waals surface area contributed by atoms with Gasteiger partial charge in [-0.25, -0.2) is 4.85 Å². The lowest BCUT2D eigenvalue weighted by atomic mass is 9.87. The quantitative estimate of drug-likeness (QED) is 0.382. The second kappa shape index (κ2) is 10.2. The van der Waals surface area contributed by atoms with Gasteiger partial charge >= 0.3 is 23.9 Å². The Morgan fingerprint density at radius 2 is 1.47 bits per heavy atom. The molecule has 172 valence electrons. The summed E-state index contributed by atoms with van der Waals surface area (Å²) in [5, 5.41) is 9.94. The Hall–Kier alpha value is -3.49. The van der Waals surface area contributed by atoms with Crippen LogP contribution in [0.5, 0.6) is 0 Å². The van der Waals surface area contributed by atoms with Crippen molar-refractivity contribution in [1.82, 2.24) is 0 Å². The molecule has 1 aliphatic rings. The first-order valence-corrected chi connectivity index (χ1v) is 9.52. The van der Waals surface area contributed by atoms with Crippen LogP contribution in [0.1, 0.15) is 33.3 Å². The van der Waals surface area contributed by atoms with Crippen molar-refractivity contribution in [3.05, 3.63) is 41.2 Å². The van der Waals surface area contributed by atoms with Gasteiger partial charge in [-0.1, -0.05) is 24.3 Å². The molecule has 2 rings (SSSR count). The summed E-state index contributed by atoms with van der Waals surface area (Å²) in [5.74, 6) is -5.47. The fraction of sp³-hybridized carbons (Fsp3) is 0.476. The van der Waals surface area contributed by atoms with Crippen LogP contribution in [0.3, 0.4) is 0 Å². The molecule has 0 radical (unpaired) electrons. The maximum absolute atomic E-state index is 12.1. The Morgan fingerprint density at radius 3 is 1.91 bits per heavy atom. The summed E-state index contributed by atoms with van der Waals surface area (Å²) < 4.78 is 27.3. The Kier molecular flexibility index (Phi) is 7.91. The van der Waals surface area contributed by atoms with Crippen molar-refractivity contribution in [2.24, 2.45) is 0 Å². The Labute approximate surface area is 184 Å². The SMILES string of the molecule is [C-]#[N+]c1ccc([C@@]2(OC(C)=O)O[C@H](CO)[C@@H](OC(C)=O)[C@H](OC(C)=O)[C@H]2OC(C)=O)cc1. The lowest BCUT2D eigenvalue weighted by molar-refractivity contribution is -0.361. The normalized spacial score (nSPS) is 26.9. The molecule has 1 fully saturated rings. The van der Waals surface area contributed by atoms with Gasteiger partial charge < -0.3 is 28.8 Å². The van der Waals surface area contributed by atoms with Crippen molar-refractivity contribution in [2.75, 3.05) is 6.61 Å². The molecule has 1 heterocycles. The van der Waals surface area contributed by atoms with Crippen molar-refractivity contribution in [2.45, 2.75) is 57.9 Å². The molecular weight excluding hydrogens is 426 g/mol. The maximum Gasteiger partial charge on any atom is 0.305 e. The number of carbonyl (C=O) groups excluding carboxylic acids is 4. The Bertz CT molecular complexity index is 922. The van der Waals surface area contributed by atoms with Crippen LogP contribution in [0.15, 0.2) is 24.3 Å². The fourth-order valence-corrected chi connectivity index (χ4v) is 3.43. The second-order valence-corrected chi connectivity index (χ2v) is 6.94. The first-order chi connectivity index (χ1) is 15.0. The monoisotopic (exact) mass is 449 g/mol. The van der Waals surface area contributed by atoms with Crippen LogP contribution in [-0.2, 0) is 48.6 Å². The molecule has 0 amide bonds. The summed E-state index contributed by atoms with van der Waals surface area (Å²) in [6.07, 6.45) is -5.86. The minimum absolute atomic E-state index is 0.128. The van der Waals surface area contributed by atoms with Crippen LogP contribution >= 0.6 is 0 Å². The summed E-state index contributed by atoms with van der Waals surface area (Å²) in [5.41, 5.74) is 0.392. The van der Waals surface area contributed by atoms with E-state index < -0.39 is 60.7 Å². The Balaban J connectivity index is 2.77. The molecule has 32 heavy (non-hydrogen) atoms. The van der Waals surface area contributed by atoms with Gasteiger partial charge in [0.05, 0.1) is 13.2 Å². The molecule has 1 aliphatic heterocycles. The van der Waals surface area contributed by atoms with Crippen molar-refractivity contribution < 1.29 is 48.0 Å². The largest absolute Gasteiger partial charge is 0.456 e. The smallest absolute Gasteiger partial charge is 0.305 e. The van der Waals surface area contributed by atoms with E-state index in [-0.39, 0.29) is 11.3 Å². The number of ether oxygens (including phenoxy) is 5. The van der Waals surface area contributed by atoms with Gasteiger partial charge in [0.2, 0.25) is 6.10 Å². The molecule has 11 nitrogen and oxygen atoms in total. The third kappa shape index (κ3) is 5.40. The summed E-state index contributed by atoms with van der Waals surface area (Å²) in [4.78, 5) is 50.9. The molecule has 5 atom stereocenters. The molecule has 1 aromatic carbocycles. The zero-order valence-corrected chi connectivity index (χ0v) is 17.9. The van der Waals surface area contributed by atoms with Crippen molar-refractivity contribution in [1.29, 1.82) is 0 Å². The number of esters is 4. The van der Waals surface area contributed by atoms with Crippen molar-refractivity contribution in [3.63, 3.8) is 0 Å². The van der Waals surface area contributed by atoms with E-state index in [1.807, 2.05) is 0 Å². The van der Waals surface area contributed by atoms with Gasteiger partial charge in [-0.05, 0) is 0 Å². The molecule has 0 aliphatic carbocycles. The number of aliphatic hydroxyl groups excluding tert-OH is 1. The number of hydrogen-bond donors (Lipinski definition) is 1. The van der Waals surface area contributed by atoms with E-state index in [9.17, 15) is 24.3 Å². The van der Waals surface area contributed by atoms with Crippen LogP contribution < -0.4 is 0 Å². The summed E-state index contributed by atoms with van der Waals surface area (Å²) in [7, 11) is 0. The number of aliphatic hydroxyl groups is 1. The standard InChI is InChI=1S/C21H23NO10/c1-11(24)28-18-17(10-23)32-21(31-14(4)27,15-6-8-16(22-5)9-7-15)20(30-13(3)26)19(18)29-12(2)25/h6-9,17-20,23H,10H2,1-4H3/t17-,18-,19+,20-,21-/m1/s1. The van der Waals surface area contributed by atoms with Gasteiger partial charge in [-0.15, -0.1) is 0 Å². The topological polar surface area (TPSA) is 139 Å². The molecule has 1 aromatic rings. The molecular formula is C21H23NO10. The highest BCUT2D eigenvalue weighted by atomic mass is 16.8. The number of benzene rings is 1. The van der Waals surface area contributed by atoms with Gasteiger partial charge in [-0.2, -0.15) is 0 Å². The minimum atomic E-state index is -2.19. The summed E-state index contributed by atoms with van der Waals surface area (Å²) in [6.45, 7) is 10.7. The van der Waals surface area contributed by atoms with E-state index in [0.29, 0.717) is 0 Å². The minimum Gasteiger partial charge on any atom is -0.456 e. The second-order valence-electron chi connectivity index (χ2n) is 6.94. The summed E-state index contributed by atoms with van der Waals surface area (Å²) >= 11 is 0. The van der Waals surface area contributed by atoms with E-state index in [4.69, 9.17) is 30.3 Å². The maximum atomic E-state index is 12.1. The first kappa shape index (κ1) is 24.8. The van der Waals surface area contributed by atoms with Crippen LogP contribution in [0.4, 0.5) is 5.69 Å². The third-order valence-corrected chi connectivity index (χ3v) is 4.46. The molecule has 1 N–H and O–H groups in total. The van der Waals surface area contributed by atoms with Crippen molar-refractivity contribution in [3.8, 4) is 0 Å². The van der Waals surface area contributed by atoms with E-state index in [1.165, 1.54) is 24.3 Å². The molecule has 11 heteroatoms. The van der Waals surface area contributed by atoms with E-state index in [0.717, 1.165) is 27.7 Å². The van der Waals surface area contributed by atoms with E-state index in [1.54, 1.807) is 0 Å². The molecule has 0 saturated carbocycles. The number of rotatable bonds is 6. The van der Waals surface area contributed by atoms with Gasteiger partial charge in [0.25, 0.3) is 5.79 Å². The predicted octanol–water partition coefficient (Wildman–Crippen LogP) is 1.14.